The third-order valence-electron chi connectivity index (χ3n) is 3.03. The van der Waals surface area contributed by atoms with Crippen LogP contribution in [0.1, 0.15) is 40.6 Å². The minimum atomic E-state index is -0.852. The average molecular weight is 269 g/mol. The van der Waals surface area contributed by atoms with Gasteiger partial charge in [-0.1, -0.05) is 13.3 Å². The number of hydrogen-bond donors (Lipinski definition) is 2. The Morgan fingerprint density at radius 3 is 2.56 bits per heavy atom. The lowest BCUT2D eigenvalue weighted by Gasteiger charge is -2.12. The first-order valence-corrected chi connectivity index (χ1v) is 6.91. The van der Waals surface area contributed by atoms with Gasteiger partial charge in [0.05, 0.1) is 11.5 Å². The molecule has 1 rings (SSSR count). The second-order valence-corrected chi connectivity index (χ2v) is 5.45. The summed E-state index contributed by atoms with van der Waals surface area (Å²) in [6.07, 6.45) is 1.38. The quantitative estimate of drug-likeness (QED) is 0.834. The van der Waals surface area contributed by atoms with Crippen molar-refractivity contribution in [2.24, 2.45) is 5.92 Å². The molecule has 2 N–H and O–H groups in total. The number of amides is 1. The van der Waals surface area contributed by atoms with Crippen LogP contribution in [0.5, 0.6) is 0 Å². The van der Waals surface area contributed by atoms with E-state index in [9.17, 15) is 9.59 Å². The van der Waals surface area contributed by atoms with Gasteiger partial charge in [-0.05, 0) is 25.8 Å². The van der Waals surface area contributed by atoms with Crippen LogP contribution in [0.4, 0.5) is 0 Å². The SMILES string of the molecule is CCCC(CNC(=O)c1csc(C)c1C)C(=O)O. The van der Waals surface area contributed by atoms with Gasteiger partial charge in [-0.3, -0.25) is 9.59 Å². The normalized spacial score (nSPS) is 12.2. The van der Waals surface area contributed by atoms with E-state index < -0.39 is 11.9 Å². The summed E-state index contributed by atoms with van der Waals surface area (Å²) >= 11 is 1.53. The van der Waals surface area contributed by atoms with Crippen LogP contribution in [0.3, 0.4) is 0 Å². The number of hydrogen-bond acceptors (Lipinski definition) is 3. The molecule has 0 radical (unpaired) electrons. The van der Waals surface area contributed by atoms with E-state index in [2.05, 4.69) is 5.32 Å². The van der Waals surface area contributed by atoms with Gasteiger partial charge in [-0.2, -0.15) is 0 Å². The first kappa shape index (κ1) is 14.7. The smallest absolute Gasteiger partial charge is 0.308 e. The van der Waals surface area contributed by atoms with E-state index >= 15 is 0 Å². The molecule has 0 bridgehead atoms. The van der Waals surface area contributed by atoms with E-state index in [1.165, 1.54) is 11.3 Å². The number of carboxylic acids is 1. The first-order valence-electron chi connectivity index (χ1n) is 6.03. The number of carboxylic acid groups (broad SMARTS) is 1. The molecule has 0 saturated heterocycles. The van der Waals surface area contributed by atoms with Crippen LogP contribution < -0.4 is 5.32 Å². The van der Waals surface area contributed by atoms with Crippen molar-refractivity contribution in [2.45, 2.75) is 33.6 Å². The number of nitrogens with one attached hydrogen (secondary N) is 1. The number of rotatable bonds is 6. The molecule has 0 fully saturated rings. The summed E-state index contributed by atoms with van der Waals surface area (Å²) < 4.78 is 0. The molecule has 0 aliphatic heterocycles. The molecule has 4 nitrogen and oxygen atoms in total. The number of carbonyl (C=O) groups is 2. The third-order valence-corrected chi connectivity index (χ3v) is 4.04. The molecular weight excluding hydrogens is 250 g/mol. The Bertz CT molecular complexity index is 439. The Balaban J connectivity index is 2.60. The van der Waals surface area contributed by atoms with Gasteiger partial charge >= 0.3 is 5.97 Å². The van der Waals surface area contributed by atoms with Crippen molar-refractivity contribution < 1.29 is 14.7 Å². The van der Waals surface area contributed by atoms with E-state index in [1.807, 2.05) is 26.2 Å². The van der Waals surface area contributed by atoms with Crippen molar-refractivity contribution in [1.82, 2.24) is 5.32 Å². The third kappa shape index (κ3) is 3.57. The second-order valence-electron chi connectivity index (χ2n) is 4.36. The van der Waals surface area contributed by atoms with Crippen LogP contribution in [-0.2, 0) is 4.79 Å². The highest BCUT2D eigenvalue weighted by Crippen LogP contribution is 2.20. The molecule has 0 aromatic carbocycles. The molecule has 1 unspecified atom stereocenters. The fourth-order valence-electron chi connectivity index (χ4n) is 1.71. The molecule has 5 heteroatoms. The van der Waals surface area contributed by atoms with Crippen LogP contribution in [0.2, 0.25) is 0 Å². The fourth-order valence-corrected chi connectivity index (χ4v) is 2.58. The maximum absolute atomic E-state index is 11.9. The van der Waals surface area contributed by atoms with E-state index in [-0.39, 0.29) is 12.5 Å². The second kappa shape index (κ2) is 6.54. The van der Waals surface area contributed by atoms with Crippen LogP contribution in [0.15, 0.2) is 5.38 Å². The van der Waals surface area contributed by atoms with Crippen molar-refractivity contribution in [3.05, 3.63) is 21.4 Å². The average Bonchev–Trinajstić information content (AvgIpc) is 2.65. The van der Waals surface area contributed by atoms with Gasteiger partial charge < -0.3 is 10.4 Å². The molecule has 1 aromatic rings. The lowest BCUT2D eigenvalue weighted by Crippen LogP contribution is -2.33. The topological polar surface area (TPSA) is 66.4 Å². The lowest BCUT2D eigenvalue weighted by molar-refractivity contribution is -0.141. The number of aryl methyl sites for hydroxylation is 1. The zero-order chi connectivity index (χ0) is 13.7. The van der Waals surface area contributed by atoms with E-state index in [4.69, 9.17) is 5.11 Å². The van der Waals surface area contributed by atoms with Crippen LogP contribution >= 0.6 is 11.3 Å². The first-order chi connectivity index (χ1) is 8.47. The van der Waals surface area contributed by atoms with E-state index in [0.717, 1.165) is 16.9 Å². The molecule has 1 atom stereocenters. The van der Waals surface area contributed by atoms with Crippen molar-refractivity contribution in [3.8, 4) is 0 Å². The van der Waals surface area contributed by atoms with Crippen LogP contribution in [0.25, 0.3) is 0 Å². The van der Waals surface area contributed by atoms with Crippen molar-refractivity contribution in [1.29, 1.82) is 0 Å². The van der Waals surface area contributed by atoms with E-state index in [0.29, 0.717) is 12.0 Å². The molecule has 0 saturated carbocycles. The summed E-state index contributed by atoms with van der Waals surface area (Å²) in [5.74, 6) is -1.53. The molecule has 18 heavy (non-hydrogen) atoms. The molecule has 0 aliphatic rings. The largest absolute Gasteiger partial charge is 0.481 e. The van der Waals surface area contributed by atoms with Crippen LogP contribution in [0, 0.1) is 19.8 Å². The summed E-state index contributed by atoms with van der Waals surface area (Å²) in [6.45, 7) is 6.00. The Labute approximate surface area is 111 Å². The Kier molecular flexibility index (Phi) is 5.34. The minimum absolute atomic E-state index is 0.181. The van der Waals surface area contributed by atoms with Crippen molar-refractivity contribution >= 4 is 23.2 Å². The van der Waals surface area contributed by atoms with Crippen molar-refractivity contribution in [2.75, 3.05) is 6.54 Å². The zero-order valence-corrected chi connectivity index (χ0v) is 11.8. The summed E-state index contributed by atoms with van der Waals surface area (Å²) in [5.41, 5.74) is 1.62. The summed E-state index contributed by atoms with van der Waals surface area (Å²) in [7, 11) is 0. The fraction of sp³-hybridized carbons (Fsp3) is 0.538. The number of thiophene rings is 1. The Hall–Kier alpha value is -1.36. The summed E-state index contributed by atoms with van der Waals surface area (Å²) in [5, 5.41) is 13.5. The Morgan fingerprint density at radius 2 is 2.11 bits per heavy atom. The molecule has 1 heterocycles. The highest BCUT2D eigenvalue weighted by molar-refractivity contribution is 7.10. The predicted molar refractivity (Wildman–Crippen MR) is 72.2 cm³/mol. The summed E-state index contributed by atoms with van der Waals surface area (Å²) in [4.78, 5) is 24.0. The zero-order valence-electron chi connectivity index (χ0n) is 10.9. The van der Waals surface area contributed by atoms with Gasteiger partial charge in [0.25, 0.3) is 5.91 Å². The summed E-state index contributed by atoms with van der Waals surface area (Å²) in [6, 6.07) is 0. The minimum Gasteiger partial charge on any atom is -0.481 e. The molecule has 1 aromatic heterocycles. The van der Waals surface area contributed by atoms with Gasteiger partial charge in [0, 0.05) is 16.8 Å². The number of carbonyl (C=O) groups excluding carboxylic acids is 1. The molecular formula is C13H19NO3S. The molecule has 100 valence electrons. The molecule has 0 aliphatic carbocycles. The van der Waals surface area contributed by atoms with E-state index in [1.54, 1.807) is 0 Å². The number of aliphatic carboxylic acids is 1. The van der Waals surface area contributed by atoms with Crippen molar-refractivity contribution in [3.63, 3.8) is 0 Å². The van der Waals surface area contributed by atoms with Gasteiger partial charge in [0.1, 0.15) is 0 Å². The Morgan fingerprint density at radius 1 is 1.44 bits per heavy atom. The standard InChI is InChI=1S/C13H19NO3S/c1-4-5-10(13(16)17)6-14-12(15)11-7-18-9(3)8(11)2/h7,10H,4-6H2,1-3H3,(H,14,15)(H,16,17). The lowest BCUT2D eigenvalue weighted by atomic mass is 10.0. The van der Waals surface area contributed by atoms with Gasteiger partial charge in [0.15, 0.2) is 0 Å². The molecule has 1 amide bonds. The van der Waals surface area contributed by atoms with Crippen LogP contribution in [-0.4, -0.2) is 23.5 Å². The van der Waals surface area contributed by atoms with Gasteiger partial charge in [-0.15, -0.1) is 11.3 Å². The maximum Gasteiger partial charge on any atom is 0.308 e. The monoisotopic (exact) mass is 269 g/mol. The van der Waals surface area contributed by atoms with Gasteiger partial charge in [-0.25, -0.2) is 0 Å². The highest BCUT2D eigenvalue weighted by Gasteiger charge is 2.19. The maximum atomic E-state index is 11.9. The highest BCUT2D eigenvalue weighted by atomic mass is 32.1. The molecule has 0 spiro atoms. The predicted octanol–water partition coefficient (Wildman–Crippen LogP) is 2.60. The van der Waals surface area contributed by atoms with Gasteiger partial charge in [0.2, 0.25) is 0 Å².